The van der Waals surface area contributed by atoms with Crippen LogP contribution in [0.1, 0.15) is 16.7 Å². The molecule has 1 N–H and O–H groups in total. The van der Waals surface area contributed by atoms with Crippen molar-refractivity contribution in [2.24, 2.45) is 0 Å². The summed E-state index contributed by atoms with van der Waals surface area (Å²) in [7, 11) is 1.64. The third-order valence-corrected chi connectivity index (χ3v) is 5.04. The van der Waals surface area contributed by atoms with Crippen LogP contribution >= 0.6 is 0 Å². The molecule has 0 fully saturated rings. The highest BCUT2D eigenvalue weighted by Crippen LogP contribution is 2.26. The number of benzene rings is 3. The SMILES string of the molecule is COc1ccc2c(c1)CN(C(=O)Nc1ccc(Oc3ccc(C#N)cc3)cc1)CC2. The number of carbonyl (C=O) groups is 1. The molecule has 1 aliphatic heterocycles. The van der Waals surface area contributed by atoms with Crippen molar-refractivity contribution in [2.45, 2.75) is 13.0 Å². The zero-order valence-electron chi connectivity index (χ0n) is 16.6. The Morgan fingerprint density at radius 1 is 0.967 bits per heavy atom. The molecule has 0 atom stereocenters. The third kappa shape index (κ3) is 4.36. The first-order valence-electron chi connectivity index (χ1n) is 9.64. The molecule has 3 aromatic rings. The predicted octanol–water partition coefficient (Wildman–Crippen LogP) is 4.95. The molecule has 0 bridgehead atoms. The number of amides is 2. The highest BCUT2D eigenvalue weighted by atomic mass is 16.5. The van der Waals surface area contributed by atoms with Gasteiger partial charge in [0.15, 0.2) is 0 Å². The number of hydrogen-bond donors (Lipinski definition) is 1. The Bertz CT molecular complexity index is 1090. The van der Waals surface area contributed by atoms with Gasteiger partial charge in [0.1, 0.15) is 17.2 Å². The first kappa shape index (κ1) is 19.3. The van der Waals surface area contributed by atoms with Crippen LogP contribution in [-0.2, 0) is 13.0 Å². The maximum Gasteiger partial charge on any atom is 0.322 e. The summed E-state index contributed by atoms with van der Waals surface area (Å²) in [5, 5.41) is 11.8. The summed E-state index contributed by atoms with van der Waals surface area (Å²) >= 11 is 0. The fourth-order valence-corrected chi connectivity index (χ4v) is 3.38. The second-order valence-corrected chi connectivity index (χ2v) is 7.00. The van der Waals surface area contributed by atoms with Crippen molar-refractivity contribution in [3.8, 4) is 23.3 Å². The number of carbonyl (C=O) groups excluding carboxylic acids is 1. The zero-order chi connectivity index (χ0) is 20.9. The molecular weight excluding hydrogens is 378 g/mol. The van der Waals surface area contributed by atoms with E-state index in [1.165, 1.54) is 5.56 Å². The van der Waals surface area contributed by atoms with E-state index in [1.54, 1.807) is 60.5 Å². The lowest BCUT2D eigenvalue weighted by Gasteiger charge is -2.29. The molecule has 6 heteroatoms. The first-order valence-corrected chi connectivity index (χ1v) is 9.64. The molecule has 0 spiro atoms. The van der Waals surface area contributed by atoms with Crippen LogP contribution in [-0.4, -0.2) is 24.6 Å². The molecule has 3 aromatic carbocycles. The van der Waals surface area contributed by atoms with Gasteiger partial charge < -0.3 is 19.7 Å². The van der Waals surface area contributed by atoms with Gasteiger partial charge >= 0.3 is 6.03 Å². The van der Waals surface area contributed by atoms with Gasteiger partial charge in [0, 0.05) is 18.8 Å². The Balaban J connectivity index is 1.37. The van der Waals surface area contributed by atoms with Crippen molar-refractivity contribution >= 4 is 11.7 Å². The van der Waals surface area contributed by atoms with Gasteiger partial charge in [-0.05, 0) is 78.2 Å². The highest BCUT2D eigenvalue weighted by molar-refractivity contribution is 5.89. The summed E-state index contributed by atoms with van der Waals surface area (Å²) in [5.41, 5.74) is 3.65. The fraction of sp³-hybridized carbons (Fsp3) is 0.167. The van der Waals surface area contributed by atoms with Gasteiger partial charge in [-0.25, -0.2) is 4.79 Å². The highest BCUT2D eigenvalue weighted by Gasteiger charge is 2.21. The van der Waals surface area contributed by atoms with E-state index in [-0.39, 0.29) is 6.03 Å². The van der Waals surface area contributed by atoms with Crippen molar-refractivity contribution < 1.29 is 14.3 Å². The molecule has 150 valence electrons. The predicted molar refractivity (Wildman–Crippen MR) is 114 cm³/mol. The van der Waals surface area contributed by atoms with Crippen molar-refractivity contribution in [3.63, 3.8) is 0 Å². The van der Waals surface area contributed by atoms with Crippen LogP contribution in [0.2, 0.25) is 0 Å². The lowest BCUT2D eigenvalue weighted by Crippen LogP contribution is -2.38. The van der Waals surface area contributed by atoms with Gasteiger partial charge in [0.05, 0.1) is 18.7 Å². The van der Waals surface area contributed by atoms with Gasteiger partial charge in [0.25, 0.3) is 0 Å². The quantitative estimate of drug-likeness (QED) is 0.674. The molecule has 0 unspecified atom stereocenters. The van der Waals surface area contributed by atoms with Crippen LogP contribution in [0.5, 0.6) is 17.2 Å². The van der Waals surface area contributed by atoms with E-state index >= 15 is 0 Å². The van der Waals surface area contributed by atoms with Crippen LogP contribution in [0.3, 0.4) is 0 Å². The summed E-state index contributed by atoms with van der Waals surface area (Å²) in [5.74, 6) is 2.10. The minimum Gasteiger partial charge on any atom is -0.497 e. The Labute approximate surface area is 175 Å². The molecule has 0 aliphatic carbocycles. The van der Waals surface area contributed by atoms with Crippen LogP contribution in [0.25, 0.3) is 0 Å². The lowest BCUT2D eigenvalue weighted by atomic mass is 10.00. The molecule has 6 nitrogen and oxygen atoms in total. The van der Waals surface area contributed by atoms with Gasteiger partial charge in [-0.15, -0.1) is 0 Å². The van der Waals surface area contributed by atoms with Crippen LogP contribution in [0.15, 0.2) is 66.7 Å². The number of methoxy groups -OCH3 is 1. The van der Waals surface area contributed by atoms with E-state index in [0.29, 0.717) is 35.8 Å². The minimum absolute atomic E-state index is 0.135. The Morgan fingerprint density at radius 3 is 2.30 bits per heavy atom. The summed E-state index contributed by atoms with van der Waals surface area (Å²) < 4.78 is 11.1. The number of nitrogens with zero attached hydrogens (tertiary/aromatic N) is 2. The summed E-state index contributed by atoms with van der Waals surface area (Å²) in [6.45, 7) is 1.23. The summed E-state index contributed by atoms with van der Waals surface area (Å²) in [4.78, 5) is 14.5. The fourth-order valence-electron chi connectivity index (χ4n) is 3.38. The first-order chi connectivity index (χ1) is 14.6. The standard InChI is InChI=1S/C24H21N3O3/c1-29-23-9-4-18-12-13-27(16-19(18)14-23)24(28)26-20-5-10-22(11-6-20)30-21-7-2-17(15-25)3-8-21/h2-11,14H,12-13,16H2,1H3,(H,26,28). The van der Waals surface area contributed by atoms with Crippen molar-refractivity contribution in [2.75, 3.05) is 19.0 Å². The van der Waals surface area contributed by atoms with Crippen LogP contribution in [0, 0.1) is 11.3 Å². The van der Waals surface area contributed by atoms with Gasteiger partial charge in [-0.3, -0.25) is 0 Å². The van der Waals surface area contributed by atoms with Crippen molar-refractivity contribution in [1.29, 1.82) is 5.26 Å². The maximum atomic E-state index is 12.7. The third-order valence-electron chi connectivity index (χ3n) is 5.04. The van der Waals surface area contributed by atoms with E-state index in [1.807, 2.05) is 12.1 Å². The number of urea groups is 1. The Kier molecular flexibility index (Phi) is 5.53. The maximum absolute atomic E-state index is 12.7. The normalized spacial score (nSPS) is 12.5. The molecule has 0 saturated heterocycles. The number of fused-ring (bicyclic) bond motifs is 1. The molecular formula is C24H21N3O3. The summed E-state index contributed by atoms with van der Waals surface area (Å²) in [6.07, 6.45) is 0.824. The van der Waals surface area contributed by atoms with Crippen molar-refractivity contribution in [1.82, 2.24) is 4.90 Å². The number of ether oxygens (including phenoxy) is 2. The number of rotatable bonds is 4. The minimum atomic E-state index is -0.135. The number of nitrogens with one attached hydrogen (secondary N) is 1. The largest absolute Gasteiger partial charge is 0.497 e. The van der Waals surface area contributed by atoms with Crippen molar-refractivity contribution in [3.05, 3.63) is 83.4 Å². The number of hydrogen-bond acceptors (Lipinski definition) is 4. The van der Waals surface area contributed by atoms with E-state index in [0.717, 1.165) is 17.7 Å². The van der Waals surface area contributed by atoms with E-state index in [4.69, 9.17) is 14.7 Å². The molecule has 0 radical (unpaired) electrons. The van der Waals surface area contributed by atoms with Gasteiger partial charge in [-0.1, -0.05) is 6.07 Å². The molecule has 0 aromatic heterocycles. The zero-order valence-corrected chi connectivity index (χ0v) is 16.6. The Hall–Kier alpha value is -3.98. The molecule has 0 saturated carbocycles. The van der Waals surface area contributed by atoms with Crippen LogP contribution < -0.4 is 14.8 Å². The molecule has 2 amide bonds. The smallest absolute Gasteiger partial charge is 0.322 e. The van der Waals surface area contributed by atoms with E-state index < -0.39 is 0 Å². The summed E-state index contributed by atoms with van der Waals surface area (Å²) in [6, 6.07) is 22.1. The second-order valence-electron chi connectivity index (χ2n) is 7.00. The topological polar surface area (TPSA) is 74.6 Å². The lowest BCUT2D eigenvalue weighted by molar-refractivity contribution is 0.206. The number of nitriles is 1. The second kappa shape index (κ2) is 8.58. The van der Waals surface area contributed by atoms with Gasteiger partial charge in [-0.2, -0.15) is 5.26 Å². The number of anilines is 1. The average Bonchev–Trinajstić information content (AvgIpc) is 2.80. The molecule has 4 rings (SSSR count). The van der Waals surface area contributed by atoms with E-state index in [9.17, 15) is 4.79 Å². The van der Waals surface area contributed by atoms with Gasteiger partial charge in [0.2, 0.25) is 0 Å². The average molecular weight is 399 g/mol. The monoisotopic (exact) mass is 399 g/mol. The molecule has 30 heavy (non-hydrogen) atoms. The van der Waals surface area contributed by atoms with E-state index in [2.05, 4.69) is 17.5 Å². The molecule has 1 aliphatic rings. The molecule has 1 heterocycles. The van der Waals surface area contributed by atoms with Crippen LogP contribution in [0.4, 0.5) is 10.5 Å². The Morgan fingerprint density at radius 2 is 1.63 bits per heavy atom.